The van der Waals surface area contributed by atoms with Gasteiger partial charge in [0.2, 0.25) is 0 Å². The number of halogens is 1. The maximum absolute atomic E-state index is 12.1. The second kappa shape index (κ2) is 7.06. The highest BCUT2D eigenvalue weighted by atomic mass is 127. The Kier molecular flexibility index (Phi) is 5.39. The Morgan fingerprint density at radius 3 is 2.55 bits per heavy atom. The molecule has 0 spiro atoms. The third-order valence-corrected chi connectivity index (χ3v) is 4.35. The first-order valence-corrected chi connectivity index (χ1v) is 7.82. The third kappa shape index (κ3) is 3.94. The number of ether oxygens (including phenoxy) is 1. The summed E-state index contributed by atoms with van der Waals surface area (Å²) in [6, 6.07) is 7.68. The quantitative estimate of drug-likeness (QED) is 0.641. The van der Waals surface area contributed by atoms with Gasteiger partial charge < -0.3 is 10.1 Å². The predicted octanol–water partition coefficient (Wildman–Crippen LogP) is 2.75. The van der Waals surface area contributed by atoms with Gasteiger partial charge in [0.05, 0.1) is 13.0 Å². The molecular weight excluding hydrogens is 369 g/mol. The highest BCUT2D eigenvalue weighted by molar-refractivity contribution is 14.1. The minimum atomic E-state index is -0.132. The standard InChI is InChI=1S/C15H18INO3/c1-20-15(19)10-5-7-13(8-6-10)17-14(18)11-3-2-4-12(16)9-11/h2-4,9-10,13H,5-8H2,1H3,(H,17,18). The number of nitrogens with one attached hydrogen (secondary N) is 1. The van der Waals surface area contributed by atoms with Gasteiger partial charge in [-0.2, -0.15) is 0 Å². The van der Waals surface area contributed by atoms with Crippen LogP contribution in [0.1, 0.15) is 36.0 Å². The van der Waals surface area contributed by atoms with E-state index < -0.39 is 0 Å². The molecule has 1 amide bonds. The summed E-state index contributed by atoms with van der Waals surface area (Å²) >= 11 is 2.19. The van der Waals surface area contributed by atoms with Crippen molar-refractivity contribution in [1.82, 2.24) is 5.32 Å². The lowest BCUT2D eigenvalue weighted by Gasteiger charge is -2.27. The molecule has 4 nitrogen and oxygen atoms in total. The molecule has 1 aromatic carbocycles. The van der Waals surface area contributed by atoms with Crippen LogP contribution in [0.5, 0.6) is 0 Å². The zero-order valence-electron chi connectivity index (χ0n) is 11.4. The van der Waals surface area contributed by atoms with Crippen molar-refractivity contribution in [2.75, 3.05) is 7.11 Å². The molecule has 1 N–H and O–H groups in total. The topological polar surface area (TPSA) is 55.4 Å². The molecule has 1 aliphatic carbocycles. The molecule has 1 fully saturated rings. The molecule has 0 aromatic heterocycles. The van der Waals surface area contributed by atoms with Crippen LogP contribution in [0.15, 0.2) is 24.3 Å². The molecule has 0 unspecified atom stereocenters. The Hall–Kier alpha value is -1.11. The minimum absolute atomic E-state index is 0.00849. The highest BCUT2D eigenvalue weighted by Crippen LogP contribution is 2.25. The van der Waals surface area contributed by atoms with E-state index in [4.69, 9.17) is 4.74 Å². The summed E-state index contributed by atoms with van der Waals surface area (Å²) in [5.41, 5.74) is 0.687. The van der Waals surface area contributed by atoms with Crippen LogP contribution in [-0.2, 0) is 9.53 Å². The Labute approximate surface area is 132 Å². The molecule has 108 valence electrons. The second-order valence-electron chi connectivity index (χ2n) is 5.06. The fraction of sp³-hybridized carbons (Fsp3) is 0.467. The lowest BCUT2D eigenvalue weighted by atomic mass is 9.86. The zero-order chi connectivity index (χ0) is 14.5. The van der Waals surface area contributed by atoms with E-state index in [-0.39, 0.29) is 23.8 Å². The molecule has 0 heterocycles. The average Bonchev–Trinajstić information content (AvgIpc) is 2.47. The third-order valence-electron chi connectivity index (χ3n) is 3.68. The van der Waals surface area contributed by atoms with Gasteiger partial charge in [-0.05, 0) is 66.5 Å². The molecule has 0 aliphatic heterocycles. The highest BCUT2D eigenvalue weighted by Gasteiger charge is 2.27. The van der Waals surface area contributed by atoms with Crippen molar-refractivity contribution in [3.8, 4) is 0 Å². The average molecular weight is 387 g/mol. The summed E-state index contributed by atoms with van der Waals surface area (Å²) in [5.74, 6) is -0.178. The molecule has 0 atom stereocenters. The van der Waals surface area contributed by atoms with Crippen LogP contribution in [-0.4, -0.2) is 25.0 Å². The monoisotopic (exact) mass is 387 g/mol. The van der Waals surface area contributed by atoms with E-state index in [2.05, 4.69) is 27.9 Å². The van der Waals surface area contributed by atoms with Gasteiger partial charge in [0.1, 0.15) is 0 Å². The second-order valence-corrected chi connectivity index (χ2v) is 6.30. The number of rotatable bonds is 3. The van der Waals surface area contributed by atoms with E-state index in [1.165, 1.54) is 7.11 Å². The SMILES string of the molecule is COC(=O)C1CCC(NC(=O)c2cccc(I)c2)CC1. The first kappa shape index (κ1) is 15.3. The van der Waals surface area contributed by atoms with E-state index in [0.29, 0.717) is 5.56 Å². The fourth-order valence-electron chi connectivity index (χ4n) is 2.54. The number of methoxy groups -OCH3 is 1. The van der Waals surface area contributed by atoms with Crippen LogP contribution < -0.4 is 5.32 Å². The van der Waals surface area contributed by atoms with Crippen LogP contribution in [0.25, 0.3) is 0 Å². The Morgan fingerprint density at radius 2 is 1.95 bits per heavy atom. The number of amides is 1. The predicted molar refractivity (Wildman–Crippen MR) is 84.4 cm³/mol. The molecule has 0 saturated heterocycles. The number of hydrogen-bond acceptors (Lipinski definition) is 3. The van der Waals surface area contributed by atoms with Crippen LogP contribution in [0.4, 0.5) is 0 Å². The van der Waals surface area contributed by atoms with E-state index >= 15 is 0 Å². The van der Waals surface area contributed by atoms with E-state index in [0.717, 1.165) is 29.3 Å². The molecule has 2 rings (SSSR count). The Bertz CT molecular complexity index is 496. The van der Waals surface area contributed by atoms with Crippen molar-refractivity contribution in [2.24, 2.45) is 5.92 Å². The molecule has 0 radical (unpaired) electrons. The van der Waals surface area contributed by atoms with Crippen LogP contribution in [0.2, 0.25) is 0 Å². The lowest BCUT2D eigenvalue weighted by Crippen LogP contribution is -2.38. The van der Waals surface area contributed by atoms with Gasteiger partial charge in [0.25, 0.3) is 5.91 Å². The van der Waals surface area contributed by atoms with Crippen molar-refractivity contribution in [1.29, 1.82) is 0 Å². The fourth-order valence-corrected chi connectivity index (χ4v) is 3.08. The van der Waals surface area contributed by atoms with Crippen LogP contribution in [0.3, 0.4) is 0 Å². The summed E-state index contributed by atoms with van der Waals surface area (Å²) in [4.78, 5) is 23.6. The van der Waals surface area contributed by atoms with Gasteiger partial charge in [-0.3, -0.25) is 9.59 Å². The summed E-state index contributed by atoms with van der Waals surface area (Å²) in [5, 5.41) is 3.05. The molecule has 0 bridgehead atoms. The van der Waals surface area contributed by atoms with Crippen molar-refractivity contribution >= 4 is 34.5 Å². The molecular formula is C15H18INO3. The number of carbonyl (C=O) groups excluding carboxylic acids is 2. The Balaban J connectivity index is 1.86. The molecule has 5 heteroatoms. The summed E-state index contributed by atoms with van der Waals surface area (Å²) < 4.78 is 5.81. The van der Waals surface area contributed by atoms with Crippen molar-refractivity contribution < 1.29 is 14.3 Å². The summed E-state index contributed by atoms with van der Waals surface area (Å²) in [6.45, 7) is 0. The van der Waals surface area contributed by atoms with Gasteiger partial charge >= 0.3 is 5.97 Å². The minimum Gasteiger partial charge on any atom is -0.469 e. The molecule has 20 heavy (non-hydrogen) atoms. The summed E-state index contributed by atoms with van der Waals surface area (Å²) in [7, 11) is 1.42. The first-order valence-electron chi connectivity index (χ1n) is 6.74. The van der Waals surface area contributed by atoms with Crippen molar-refractivity contribution in [2.45, 2.75) is 31.7 Å². The number of benzene rings is 1. The maximum Gasteiger partial charge on any atom is 0.308 e. The van der Waals surface area contributed by atoms with E-state index in [9.17, 15) is 9.59 Å². The largest absolute Gasteiger partial charge is 0.469 e. The van der Waals surface area contributed by atoms with Gasteiger partial charge in [-0.1, -0.05) is 6.07 Å². The molecule has 1 saturated carbocycles. The molecule has 1 aromatic rings. The summed E-state index contributed by atoms with van der Waals surface area (Å²) in [6.07, 6.45) is 3.22. The van der Waals surface area contributed by atoms with E-state index in [1.54, 1.807) is 0 Å². The first-order chi connectivity index (χ1) is 9.60. The van der Waals surface area contributed by atoms with Gasteiger partial charge in [-0.25, -0.2) is 0 Å². The smallest absolute Gasteiger partial charge is 0.308 e. The maximum atomic E-state index is 12.1. The van der Waals surface area contributed by atoms with Gasteiger partial charge in [-0.15, -0.1) is 0 Å². The Morgan fingerprint density at radius 1 is 1.25 bits per heavy atom. The van der Waals surface area contributed by atoms with Crippen molar-refractivity contribution in [3.63, 3.8) is 0 Å². The van der Waals surface area contributed by atoms with E-state index in [1.807, 2.05) is 24.3 Å². The van der Waals surface area contributed by atoms with Crippen molar-refractivity contribution in [3.05, 3.63) is 33.4 Å². The number of carbonyl (C=O) groups is 2. The molecule has 1 aliphatic rings. The lowest BCUT2D eigenvalue weighted by molar-refractivity contribution is -0.146. The van der Waals surface area contributed by atoms with Gasteiger partial charge in [0, 0.05) is 15.2 Å². The normalized spacial score (nSPS) is 22.1. The van der Waals surface area contributed by atoms with Crippen LogP contribution in [0, 0.1) is 9.49 Å². The zero-order valence-corrected chi connectivity index (χ0v) is 13.6. The van der Waals surface area contributed by atoms with Gasteiger partial charge in [0.15, 0.2) is 0 Å². The van der Waals surface area contributed by atoms with Crippen LogP contribution >= 0.6 is 22.6 Å². The number of esters is 1. The number of hydrogen-bond donors (Lipinski definition) is 1.